The zero-order valence-electron chi connectivity index (χ0n) is 17.9. The van der Waals surface area contributed by atoms with Gasteiger partial charge in [0.2, 0.25) is 0 Å². The maximum atomic E-state index is 13.3. The Hall–Kier alpha value is -3.14. The van der Waals surface area contributed by atoms with Gasteiger partial charge >= 0.3 is 0 Å². The molecule has 30 heavy (non-hydrogen) atoms. The highest BCUT2D eigenvalue weighted by Gasteiger charge is 2.34. The third kappa shape index (κ3) is 3.95. The number of aryl methyl sites for hydroxylation is 1. The van der Waals surface area contributed by atoms with Gasteiger partial charge in [0.15, 0.2) is 29.2 Å². The Morgan fingerprint density at radius 3 is 2.37 bits per heavy atom. The Kier molecular flexibility index (Phi) is 5.84. The zero-order valence-corrected chi connectivity index (χ0v) is 17.9. The largest absolute Gasteiger partial charge is 0.490 e. The first-order valence-corrected chi connectivity index (χ1v) is 10.6. The summed E-state index contributed by atoms with van der Waals surface area (Å²) in [7, 11) is 2.05. The van der Waals surface area contributed by atoms with Crippen LogP contribution in [-0.2, 0) is 19.9 Å². The minimum Gasteiger partial charge on any atom is -0.490 e. The van der Waals surface area contributed by atoms with Crippen LogP contribution in [0.5, 0.6) is 11.5 Å². The van der Waals surface area contributed by atoms with Crippen LogP contribution in [0.1, 0.15) is 52.5 Å². The summed E-state index contributed by atoms with van der Waals surface area (Å²) in [6, 6.07) is 18.5. The van der Waals surface area contributed by atoms with Crippen molar-refractivity contribution >= 4 is 5.78 Å². The van der Waals surface area contributed by atoms with E-state index in [9.17, 15) is 4.79 Å². The second kappa shape index (κ2) is 8.70. The molecule has 1 heterocycles. The minimum absolute atomic E-state index is 0.161. The van der Waals surface area contributed by atoms with Crippen LogP contribution in [0.2, 0.25) is 0 Å². The van der Waals surface area contributed by atoms with Gasteiger partial charge < -0.3 is 9.47 Å². The number of nitrogens with zero attached hydrogens (tertiary/aromatic N) is 1. The molecule has 1 unspecified atom stereocenters. The molecule has 0 fully saturated rings. The molecular formula is C26H28NO3+. The van der Waals surface area contributed by atoms with E-state index in [1.165, 1.54) is 11.3 Å². The Bertz CT molecular complexity index is 1060. The van der Waals surface area contributed by atoms with E-state index in [1.807, 2.05) is 32.0 Å². The normalized spacial score (nSPS) is 15.2. The highest BCUT2D eigenvalue weighted by Crippen LogP contribution is 2.40. The van der Waals surface area contributed by atoms with E-state index >= 15 is 0 Å². The van der Waals surface area contributed by atoms with E-state index in [4.69, 9.17) is 9.47 Å². The number of Topliss-reactive ketones (excluding diaryl/α,β-unsaturated/α-hetero) is 1. The van der Waals surface area contributed by atoms with Crippen LogP contribution in [0.4, 0.5) is 0 Å². The van der Waals surface area contributed by atoms with Gasteiger partial charge in [-0.3, -0.25) is 4.79 Å². The number of hydrogen-bond acceptors (Lipinski definition) is 3. The van der Waals surface area contributed by atoms with Gasteiger partial charge in [0, 0.05) is 17.7 Å². The summed E-state index contributed by atoms with van der Waals surface area (Å²) in [6.07, 6.45) is 3.59. The van der Waals surface area contributed by atoms with E-state index in [0.717, 1.165) is 28.9 Å². The lowest BCUT2D eigenvalue weighted by molar-refractivity contribution is -0.678. The maximum absolute atomic E-state index is 13.3. The lowest BCUT2D eigenvalue weighted by Gasteiger charge is -2.12. The predicted molar refractivity (Wildman–Crippen MR) is 116 cm³/mol. The standard InChI is InChI=1S/C26H28NO3/c1-4-29-24-16-20-15-22(26(28)23(20)17-25(24)30-5-2)19-11-12-27(3)21(14-19)13-18-9-7-6-8-10-18/h6-12,14,16-17,22H,4-5,13,15H2,1-3H3/q+1. The number of fused-ring (bicyclic) bond motifs is 1. The van der Waals surface area contributed by atoms with E-state index < -0.39 is 0 Å². The SMILES string of the molecule is CCOc1cc2c(cc1OCC)C(=O)C(c1cc[n+](C)c(Cc3ccccc3)c1)C2. The summed E-state index contributed by atoms with van der Waals surface area (Å²) in [6.45, 7) is 4.99. The van der Waals surface area contributed by atoms with Crippen LogP contribution in [0.3, 0.4) is 0 Å². The molecule has 1 aromatic heterocycles. The summed E-state index contributed by atoms with van der Waals surface area (Å²) in [5.74, 6) is 1.36. The van der Waals surface area contributed by atoms with E-state index in [-0.39, 0.29) is 11.7 Å². The molecule has 1 aliphatic carbocycles. The van der Waals surface area contributed by atoms with Crippen LogP contribution in [-0.4, -0.2) is 19.0 Å². The third-order valence-corrected chi connectivity index (χ3v) is 5.68. The van der Waals surface area contributed by atoms with Gasteiger partial charge in [-0.1, -0.05) is 30.3 Å². The van der Waals surface area contributed by atoms with Crippen molar-refractivity contribution < 1.29 is 18.8 Å². The Labute approximate surface area is 178 Å². The number of carbonyl (C=O) groups excluding carboxylic acids is 1. The average molecular weight is 403 g/mol. The van der Waals surface area contributed by atoms with Crippen molar-refractivity contribution in [3.8, 4) is 11.5 Å². The summed E-state index contributed by atoms with van der Waals surface area (Å²) in [4.78, 5) is 13.3. The molecule has 2 aromatic carbocycles. The van der Waals surface area contributed by atoms with Crippen LogP contribution >= 0.6 is 0 Å². The van der Waals surface area contributed by atoms with Crippen molar-refractivity contribution in [2.75, 3.05) is 13.2 Å². The van der Waals surface area contributed by atoms with Gasteiger partial charge in [-0.2, -0.15) is 0 Å². The highest BCUT2D eigenvalue weighted by atomic mass is 16.5. The van der Waals surface area contributed by atoms with Crippen LogP contribution in [0, 0.1) is 0 Å². The van der Waals surface area contributed by atoms with E-state index in [2.05, 4.69) is 54.2 Å². The number of carbonyl (C=O) groups is 1. The molecule has 0 aliphatic heterocycles. The average Bonchev–Trinajstić information content (AvgIpc) is 3.07. The lowest BCUT2D eigenvalue weighted by atomic mass is 9.94. The smallest absolute Gasteiger partial charge is 0.185 e. The molecule has 0 saturated carbocycles. The molecule has 0 radical (unpaired) electrons. The number of hydrogen-bond donors (Lipinski definition) is 0. The zero-order chi connectivity index (χ0) is 21.1. The molecule has 0 N–H and O–H groups in total. The van der Waals surface area contributed by atoms with Gasteiger partial charge in [0.1, 0.15) is 7.05 Å². The first-order valence-electron chi connectivity index (χ1n) is 10.6. The quantitative estimate of drug-likeness (QED) is 0.549. The summed E-state index contributed by atoms with van der Waals surface area (Å²) < 4.78 is 13.6. The topological polar surface area (TPSA) is 39.4 Å². The molecule has 4 rings (SSSR count). The van der Waals surface area contributed by atoms with Gasteiger partial charge in [-0.15, -0.1) is 0 Å². The molecule has 1 atom stereocenters. The first kappa shape index (κ1) is 20.1. The number of benzene rings is 2. The van der Waals surface area contributed by atoms with Crippen molar-refractivity contribution in [1.82, 2.24) is 0 Å². The molecule has 4 nitrogen and oxygen atoms in total. The number of ketones is 1. The molecule has 0 spiro atoms. The Morgan fingerprint density at radius 1 is 0.967 bits per heavy atom. The van der Waals surface area contributed by atoms with Gasteiger partial charge in [-0.25, -0.2) is 4.57 Å². The van der Waals surface area contributed by atoms with Crippen molar-refractivity contribution in [3.63, 3.8) is 0 Å². The second-order valence-corrected chi connectivity index (χ2v) is 7.67. The third-order valence-electron chi connectivity index (χ3n) is 5.68. The van der Waals surface area contributed by atoms with Crippen LogP contribution < -0.4 is 14.0 Å². The minimum atomic E-state index is -0.165. The number of ether oxygens (including phenoxy) is 2. The second-order valence-electron chi connectivity index (χ2n) is 7.67. The van der Waals surface area contributed by atoms with Crippen molar-refractivity contribution in [2.45, 2.75) is 32.6 Å². The molecule has 3 aromatic rings. The van der Waals surface area contributed by atoms with E-state index in [0.29, 0.717) is 25.4 Å². The van der Waals surface area contributed by atoms with Gasteiger partial charge in [0.05, 0.1) is 25.6 Å². The van der Waals surface area contributed by atoms with E-state index in [1.54, 1.807) is 0 Å². The molecule has 0 saturated heterocycles. The Balaban J connectivity index is 1.64. The Morgan fingerprint density at radius 2 is 1.67 bits per heavy atom. The summed E-state index contributed by atoms with van der Waals surface area (Å²) in [5, 5.41) is 0. The molecule has 0 bridgehead atoms. The highest BCUT2D eigenvalue weighted by molar-refractivity contribution is 6.05. The first-order chi connectivity index (χ1) is 14.6. The van der Waals surface area contributed by atoms with Crippen molar-refractivity contribution in [1.29, 1.82) is 0 Å². The fourth-order valence-electron chi connectivity index (χ4n) is 4.14. The van der Waals surface area contributed by atoms with Crippen molar-refractivity contribution in [3.05, 3.63) is 88.7 Å². The molecule has 1 aliphatic rings. The van der Waals surface area contributed by atoms with Crippen molar-refractivity contribution in [2.24, 2.45) is 7.05 Å². The van der Waals surface area contributed by atoms with Crippen LogP contribution in [0.25, 0.3) is 0 Å². The number of aromatic nitrogens is 1. The maximum Gasteiger partial charge on any atom is 0.185 e. The summed E-state index contributed by atoms with van der Waals surface area (Å²) in [5.41, 5.74) is 5.30. The predicted octanol–water partition coefficient (Wildman–Crippen LogP) is 4.42. The number of pyridine rings is 1. The van der Waals surface area contributed by atoms with Gasteiger partial charge in [-0.05, 0) is 49.1 Å². The molecule has 4 heteroatoms. The van der Waals surface area contributed by atoms with Gasteiger partial charge in [0.25, 0.3) is 0 Å². The number of rotatable bonds is 7. The summed E-state index contributed by atoms with van der Waals surface area (Å²) >= 11 is 0. The lowest BCUT2D eigenvalue weighted by Crippen LogP contribution is -2.33. The fourth-order valence-corrected chi connectivity index (χ4v) is 4.14. The molecule has 0 amide bonds. The fraction of sp³-hybridized carbons (Fsp3) is 0.308. The van der Waals surface area contributed by atoms with Crippen LogP contribution in [0.15, 0.2) is 60.8 Å². The molecule has 154 valence electrons. The monoisotopic (exact) mass is 402 g/mol. The molecular weight excluding hydrogens is 374 g/mol.